The number of hydrogen-bond donors (Lipinski definition) is 0. The molecular formula is C16H14N2O4Se. The molecule has 1 aromatic rings. The first-order chi connectivity index (χ1) is 11.0. The summed E-state index contributed by atoms with van der Waals surface area (Å²) in [5, 5.41) is 19.3. The molecule has 1 aromatic carbocycles. The van der Waals surface area contributed by atoms with E-state index in [0.29, 0.717) is 0 Å². The molecule has 0 spiro atoms. The third-order valence-corrected chi connectivity index (χ3v) is 6.92. The minimum atomic E-state index is -1.87. The van der Waals surface area contributed by atoms with Crippen molar-refractivity contribution in [3.63, 3.8) is 0 Å². The van der Waals surface area contributed by atoms with Crippen LogP contribution in [0.5, 0.6) is 0 Å². The second kappa shape index (κ2) is 6.42. The van der Waals surface area contributed by atoms with Crippen LogP contribution in [0.2, 0.25) is 4.82 Å². The van der Waals surface area contributed by atoms with Crippen molar-refractivity contribution in [2.45, 2.75) is 11.2 Å². The Kier molecular flexibility index (Phi) is 4.75. The Hall–Kier alpha value is -2.34. The van der Waals surface area contributed by atoms with Crippen LogP contribution in [0.15, 0.2) is 30.3 Å². The second-order valence-corrected chi connectivity index (χ2v) is 7.72. The number of hydrogen-bond acceptors (Lipinski definition) is 6. The number of methoxy groups -OCH3 is 2. The maximum absolute atomic E-state index is 12.2. The Morgan fingerprint density at radius 3 is 2.09 bits per heavy atom. The molecule has 1 aliphatic rings. The van der Waals surface area contributed by atoms with Crippen LogP contribution >= 0.6 is 0 Å². The van der Waals surface area contributed by atoms with Crippen LogP contribution in [0, 0.1) is 33.5 Å². The van der Waals surface area contributed by atoms with E-state index in [9.17, 15) is 20.1 Å². The maximum atomic E-state index is 12.2. The first kappa shape index (κ1) is 17.0. The van der Waals surface area contributed by atoms with Crippen molar-refractivity contribution in [2.75, 3.05) is 14.2 Å². The first-order valence-corrected chi connectivity index (χ1v) is 8.58. The van der Waals surface area contributed by atoms with Gasteiger partial charge in [0.1, 0.15) is 0 Å². The Labute approximate surface area is 140 Å². The molecule has 0 N–H and O–H groups in total. The number of esters is 2. The van der Waals surface area contributed by atoms with Crippen LogP contribution in [0.25, 0.3) is 0 Å². The van der Waals surface area contributed by atoms with Gasteiger partial charge in [-0.25, -0.2) is 0 Å². The first-order valence-electron chi connectivity index (χ1n) is 6.73. The molecule has 0 saturated heterocycles. The van der Waals surface area contributed by atoms with Gasteiger partial charge in [0.15, 0.2) is 0 Å². The fraction of sp³-hybridized carbons (Fsp3) is 0.375. The molecule has 2 rings (SSSR count). The van der Waals surface area contributed by atoms with Crippen LogP contribution in [-0.4, -0.2) is 41.1 Å². The van der Waals surface area contributed by atoms with E-state index in [1.54, 1.807) is 0 Å². The van der Waals surface area contributed by atoms with E-state index in [1.807, 2.05) is 42.5 Å². The minimum absolute atomic E-state index is 0.0718. The van der Waals surface area contributed by atoms with E-state index in [1.165, 1.54) is 0 Å². The van der Waals surface area contributed by atoms with Gasteiger partial charge in [-0.3, -0.25) is 0 Å². The van der Waals surface area contributed by atoms with Crippen molar-refractivity contribution < 1.29 is 19.1 Å². The summed E-state index contributed by atoms with van der Waals surface area (Å²) >= 11 is -0.238. The average molecular weight is 377 g/mol. The van der Waals surface area contributed by atoms with Gasteiger partial charge in [0.2, 0.25) is 0 Å². The molecule has 0 unspecified atom stereocenters. The van der Waals surface area contributed by atoms with Gasteiger partial charge in [-0.2, -0.15) is 0 Å². The van der Waals surface area contributed by atoms with Crippen LogP contribution in [-0.2, 0) is 19.1 Å². The van der Waals surface area contributed by atoms with E-state index < -0.39 is 27.6 Å². The molecule has 7 heteroatoms. The third-order valence-electron chi connectivity index (χ3n) is 4.09. The number of ether oxygens (including phenoxy) is 2. The van der Waals surface area contributed by atoms with Crippen molar-refractivity contribution in [3.05, 3.63) is 30.3 Å². The van der Waals surface area contributed by atoms with Gasteiger partial charge in [-0.1, -0.05) is 0 Å². The average Bonchev–Trinajstić information content (AvgIpc) is 2.59. The quantitative estimate of drug-likeness (QED) is 0.432. The van der Waals surface area contributed by atoms with Gasteiger partial charge >= 0.3 is 140 Å². The normalized spacial score (nSPS) is 20.3. The zero-order chi connectivity index (χ0) is 17.1. The summed E-state index contributed by atoms with van der Waals surface area (Å²) in [6, 6.07) is 13.2. The molecule has 6 nitrogen and oxygen atoms in total. The van der Waals surface area contributed by atoms with E-state index >= 15 is 0 Å². The molecule has 0 aliphatic heterocycles. The van der Waals surface area contributed by atoms with E-state index in [2.05, 4.69) is 0 Å². The molecule has 0 amide bonds. The topological polar surface area (TPSA) is 100 Å². The molecule has 118 valence electrons. The summed E-state index contributed by atoms with van der Waals surface area (Å²) in [6.07, 6.45) is 0.0718. The Morgan fingerprint density at radius 2 is 1.65 bits per heavy atom. The number of carbonyl (C=O) groups excluding carboxylic acids is 2. The van der Waals surface area contributed by atoms with E-state index in [0.717, 1.165) is 18.7 Å². The van der Waals surface area contributed by atoms with Crippen molar-refractivity contribution >= 4 is 31.4 Å². The zero-order valence-electron chi connectivity index (χ0n) is 12.6. The zero-order valence-corrected chi connectivity index (χ0v) is 14.3. The van der Waals surface area contributed by atoms with E-state index in [-0.39, 0.29) is 21.4 Å². The molecule has 0 aromatic heterocycles. The van der Waals surface area contributed by atoms with Crippen LogP contribution < -0.4 is 4.46 Å². The molecule has 0 heterocycles. The van der Waals surface area contributed by atoms with Crippen LogP contribution in [0.4, 0.5) is 0 Å². The number of nitrogens with zero attached hydrogens (tertiary/aromatic N) is 2. The second-order valence-electron chi connectivity index (χ2n) is 5.04. The molecule has 0 bridgehead atoms. The third kappa shape index (κ3) is 2.30. The fourth-order valence-corrected chi connectivity index (χ4v) is 5.87. The number of carbonyl (C=O) groups is 2. The summed E-state index contributed by atoms with van der Waals surface area (Å²) in [6.45, 7) is 0. The summed E-state index contributed by atoms with van der Waals surface area (Å²) in [5.74, 6) is -1.79. The van der Waals surface area contributed by atoms with Gasteiger partial charge in [-0.15, -0.1) is 0 Å². The molecule has 1 atom stereocenters. The monoisotopic (exact) mass is 378 g/mol. The summed E-state index contributed by atoms with van der Waals surface area (Å²) in [5.41, 5.74) is -3.65. The van der Waals surface area contributed by atoms with Gasteiger partial charge in [-0.05, 0) is 0 Å². The summed E-state index contributed by atoms with van der Waals surface area (Å²) < 4.78 is 10.4. The van der Waals surface area contributed by atoms with Crippen LogP contribution in [0.1, 0.15) is 6.42 Å². The predicted octanol–water partition coefficient (Wildman–Crippen LogP) is 0.574. The fourth-order valence-electron chi connectivity index (χ4n) is 2.81. The Bertz CT molecular complexity index is 675. The summed E-state index contributed by atoms with van der Waals surface area (Å²) in [4.78, 5) is 24.1. The molecule has 0 radical (unpaired) electrons. The van der Waals surface area contributed by atoms with Gasteiger partial charge in [0.05, 0.1) is 0 Å². The van der Waals surface area contributed by atoms with E-state index in [4.69, 9.17) is 9.47 Å². The molecule has 23 heavy (non-hydrogen) atoms. The van der Waals surface area contributed by atoms with Crippen molar-refractivity contribution in [2.24, 2.45) is 10.8 Å². The Morgan fingerprint density at radius 1 is 1.13 bits per heavy atom. The number of benzene rings is 1. The Balaban J connectivity index is 2.45. The summed E-state index contributed by atoms with van der Waals surface area (Å²) in [7, 11) is 2.25. The van der Waals surface area contributed by atoms with Crippen molar-refractivity contribution in [3.8, 4) is 12.1 Å². The molecule has 1 fully saturated rings. The van der Waals surface area contributed by atoms with Crippen LogP contribution in [0.3, 0.4) is 0 Å². The number of rotatable bonds is 4. The molecule has 1 aliphatic carbocycles. The van der Waals surface area contributed by atoms with Gasteiger partial charge < -0.3 is 0 Å². The standard InChI is InChI=1S/C16H14N2O4Se/c1-21-13(19)16(14(20)22-2)8-12(15(16,9-17)10-18)23-11-6-4-3-5-7-11/h3-7,12H,8H2,1-2H3/t12-/m1/s1. The molecule has 1 saturated carbocycles. The van der Waals surface area contributed by atoms with Crippen molar-refractivity contribution in [1.82, 2.24) is 0 Å². The van der Waals surface area contributed by atoms with Gasteiger partial charge in [0, 0.05) is 0 Å². The SMILES string of the molecule is COC(=O)C1(C(=O)OC)C[C@@H]([Se]c2ccccc2)C1(C#N)C#N. The van der Waals surface area contributed by atoms with Gasteiger partial charge in [0.25, 0.3) is 0 Å². The number of nitriles is 2. The van der Waals surface area contributed by atoms with Crippen molar-refractivity contribution in [1.29, 1.82) is 10.5 Å². The molecular weight excluding hydrogens is 363 g/mol. The predicted molar refractivity (Wildman–Crippen MR) is 80.3 cm³/mol.